The summed E-state index contributed by atoms with van der Waals surface area (Å²) in [4.78, 5) is 0. The molecule has 0 aliphatic carbocycles. The predicted molar refractivity (Wildman–Crippen MR) is 138 cm³/mol. The molecule has 36 heavy (non-hydrogen) atoms. The van der Waals surface area contributed by atoms with E-state index in [1.807, 2.05) is 13.8 Å². The number of hydrogen-bond acceptors (Lipinski definition) is 10. The van der Waals surface area contributed by atoms with Gasteiger partial charge in [-0.15, -0.1) is 0 Å². The Labute approximate surface area is 214 Å². The molecule has 0 heterocycles. The van der Waals surface area contributed by atoms with Crippen LogP contribution in [-0.4, -0.2) is 70.0 Å². The maximum absolute atomic E-state index is 5.66. The monoisotopic (exact) mass is 508 g/mol. The molecule has 0 saturated heterocycles. The SMILES string of the molecule is COc1c(C)c(CNCCNCc2c(C)c(OC)c(OC)c(OC)c2OC)c(OC)c(OC)c1OC. The second-order valence-electron chi connectivity index (χ2n) is 7.83. The smallest absolute Gasteiger partial charge is 0.207 e. The Morgan fingerprint density at radius 1 is 0.389 bits per heavy atom. The predicted octanol–water partition coefficient (Wildman–Crippen LogP) is 3.25. The highest BCUT2D eigenvalue weighted by Crippen LogP contribution is 2.50. The molecule has 0 unspecified atom stereocenters. The fourth-order valence-electron chi connectivity index (χ4n) is 4.34. The summed E-state index contributed by atoms with van der Waals surface area (Å²) in [5, 5.41) is 6.91. The van der Waals surface area contributed by atoms with Crippen LogP contribution in [0.4, 0.5) is 0 Å². The first-order valence-corrected chi connectivity index (χ1v) is 11.5. The van der Waals surface area contributed by atoms with E-state index in [0.29, 0.717) is 72.2 Å². The van der Waals surface area contributed by atoms with Gasteiger partial charge in [-0.1, -0.05) is 0 Å². The number of hydrogen-bond donors (Lipinski definition) is 2. The van der Waals surface area contributed by atoms with Crippen LogP contribution in [-0.2, 0) is 13.1 Å². The molecule has 0 aliphatic heterocycles. The lowest BCUT2D eigenvalue weighted by Gasteiger charge is -2.22. The summed E-state index contributed by atoms with van der Waals surface area (Å²) in [6, 6.07) is 0. The molecule has 0 amide bonds. The van der Waals surface area contributed by atoms with Crippen molar-refractivity contribution in [2.75, 3.05) is 70.0 Å². The highest BCUT2D eigenvalue weighted by Gasteiger charge is 2.26. The first kappa shape index (κ1) is 29.0. The normalized spacial score (nSPS) is 10.6. The summed E-state index contributed by atoms with van der Waals surface area (Å²) in [6.45, 7) is 6.45. The molecular weight excluding hydrogens is 468 g/mol. The van der Waals surface area contributed by atoms with Crippen LogP contribution in [0.5, 0.6) is 46.0 Å². The van der Waals surface area contributed by atoms with Crippen molar-refractivity contribution in [1.29, 1.82) is 0 Å². The van der Waals surface area contributed by atoms with E-state index in [1.54, 1.807) is 56.9 Å². The molecule has 0 aromatic heterocycles. The van der Waals surface area contributed by atoms with Crippen molar-refractivity contribution < 1.29 is 37.9 Å². The molecule has 2 rings (SSSR count). The Morgan fingerprint density at radius 2 is 0.639 bits per heavy atom. The molecule has 0 radical (unpaired) electrons. The molecule has 0 saturated carbocycles. The molecular formula is C26H40N2O8. The number of ether oxygens (including phenoxy) is 8. The lowest BCUT2D eigenvalue weighted by molar-refractivity contribution is 0.301. The third-order valence-electron chi connectivity index (χ3n) is 6.09. The van der Waals surface area contributed by atoms with E-state index >= 15 is 0 Å². The summed E-state index contributed by atoms with van der Waals surface area (Å²) >= 11 is 0. The van der Waals surface area contributed by atoms with Crippen LogP contribution in [0.25, 0.3) is 0 Å². The molecule has 10 nitrogen and oxygen atoms in total. The fourth-order valence-corrected chi connectivity index (χ4v) is 4.34. The molecule has 0 fully saturated rings. The van der Waals surface area contributed by atoms with E-state index < -0.39 is 0 Å². The molecule has 10 heteroatoms. The number of benzene rings is 2. The molecule has 0 atom stereocenters. The maximum Gasteiger partial charge on any atom is 0.207 e. The first-order valence-electron chi connectivity index (χ1n) is 11.5. The molecule has 0 spiro atoms. The van der Waals surface area contributed by atoms with E-state index in [0.717, 1.165) is 22.3 Å². The minimum Gasteiger partial charge on any atom is -0.492 e. The van der Waals surface area contributed by atoms with E-state index in [2.05, 4.69) is 10.6 Å². The van der Waals surface area contributed by atoms with E-state index in [9.17, 15) is 0 Å². The van der Waals surface area contributed by atoms with Gasteiger partial charge in [0, 0.05) is 48.4 Å². The van der Waals surface area contributed by atoms with Gasteiger partial charge < -0.3 is 48.5 Å². The summed E-state index contributed by atoms with van der Waals surface area (Å²) in [5.74, 6) is 4.50. The second-order valence-corrected chi connectivity index (χ2v) is 7.83. The van der Waals surface area contributed by atoms with Crippen molar-refractivity contribution in [3.63, 3.8) is 0 Å². The van der Waals surface area contributed by atoms with Gasteiger partial charge in [0.2, 0.25) is 23.0 Å². The Bertz CT molecular complexity index is 945. The van der Waals surface area contributed by atoms with Crippen LogP contribution in [0.3, 0.4) is 0 Å². The van der Waals surface area contributed by atoms with E-state index in [1.165, 1.54) is 0 Å². The molecule has 0 aliphatic rings. The average Bonchev–Trinajstić information content (AvgIpc) is 2.90. The zero-order valence-corrected chi connectivity index (χ0v) is 23.1. The van der Waals surface area contributed by atoms with Crippen LogP contribution in [0.2, 0.25) is 0 Å². The summed E-state index contributed by atoms with van der Waals surface area (Å²) in [5.41, 5.74) is 3.72. The standard InChI is InChI=1S/C26H40N2O8/c1-15-17(21(31-5)25(35-9)23(33-7)19(15)29-3)13-27-11-12-28-14-18-16(2)20(30-4)24(34-8)26(36-10)22(18)32-6/h27-28H,11-14H2,1-10H3. The fraction of sp³-hybridized carbons (Fsp3) is 0.538. The van der Waals surface area contributed by atoms with Crippen molar-refractivity contribution in [3.8, 4) is 46.0 Å². The third kappa shape index (κ3) is 5.60. The van der Waals surface area contributed by atoms with Crippen LogP contribution < -0.4 is 48.5 Å². The third-order valence-corrected chi connectivity index (χ3v) is 6.09. The van der Waals surface area contributed by atoms with Crippen molar-refractivity contribution in [2.24, 2.45) is 0 Å². The van der Waals surface area contributed by atoms with Crippen molar-refractivity contribution >= 4 is 0 Å². The Kier molecular flexibility index (Phi) is 11.1. The van der Waals surface area contributed by atoms with Gasteiger partial charge in [-0.3, -0.25) is 0 Å². The van der Waals surface area contributed by atoms with E-state index in [-0.39, 0.29) is 0 Å². The van der Waals surface area contributed by atoms with Gasteiger partial charge in [0.1, 0.15) is 0 Å². The van der Waals surface area contributed by atoms with Gasteiger partial charge >= 0.3 is 0 Å². The Balaban J connectivity index is 2.14. The van der Waals surface area contributed by atoms with Gasteiger partial charge in [-0.2, -0.15) is 0 Å². The Hall–Kier alpha value is -3.24. The lowest BCUT2D eigenvalue weighted by atomic mass is 10.0. The van der Waals surface area contributed by atoms with Crippen LogP contribution >= 0.6 is 0 Å². The number of methoxy groups -OCH3 is 8. The maximum atomic E-state index is 5.66. The highest BCUT2D eigenvalue weighted by molar-refractivity contribution is 5.67. The van der Waals surface area contributed by atoms with Crippen molar-refractivity contribution in [2.45, 2.75) is 26.9 Å². The minimum absolute atomic E-state index is 0.502. The van der Waals surface area contributed by atoms with Gasteiger partial charge in [-0.25, -0.2) is 0 Å². The number of nitrogens with one attached hydrogen (secondary N) is 2. The molecule has 2 aromatic carbocycles. The number of rotatable bonds is 15. The van der Waals surface area contributed by atoms with Gasteiger partial charge in [0.15, 0.2) is 23.0 Å². The zero-order chi connectivity index (χ0) is 26.8. The van der Waals surface area contributed by atoms with Gasteiger partial charge in [-0.05, 0) is 13.8 Å². The van der Waals surface area contributed by atoms with Crippen molar-refractivity contribution in [1.82, 2.24) is 10.6 Å². The lowest BCUT2D eigenvalue weighted by Crippen LogP contribution is -2.27. The average molecular weight is 509 g/mol. The largest absolute Gasteiger partial charge is 0.492 e. The summed E-state index contributed by atoms with van der Waals surface area (Å²) in [7, 11) is 12.8. The van der Waals surface area contributed by atoms with Gasteiger partial charge in [0.25, 0.3) is 0 Å². The zero-order valence-electron chi connectivity index (χ0n) is 23.1. The topological polar surface area (TPSA) is 97.9 Å². The van der Waals surface area contributed by atoms with Crippen LogP contribution in [0.15, 0.2) is 0 Å². The quantitative estimate of drug-likeness (QED) is 0.349. The molecule has 202 valence electrons. The summed E-state index contributed by atoms with van der Waals surface area (Å²) < 4.78 is 44.7. The molecule has 2 N–H and O–H groups in total. The van der Waals surface area contributed by atoms with E-state index in [4.69, 9.17) is 37.9 Å². The van der Waals surface area contributed by atoms with Crippen LogP contribution in [0, 0.1) is 13.8 Å². The van der Waals surface area contributed by atoms with Gasteiger partial charge in [0.05, 0.1) is 56.9 Å². The minimum atomic E-state index is 0.502. The highest BCUT2D eigenvalue weighted by atomic mass is 16.6. The molecule has 0 bridgehead atoms. The second kappa shape index (κ2) is 13.7. The summed E-state index contributed by atoms with van der Waals surface area (Å²) in [6.07, 6.45) is 0. The molecule has 2 aromatic rings. The van der Waals surface area contributed by atoms with Crippen LogP contribution in [0.1, 0.15) is 22.3 Å². The Morgan fingerprint density at radius 3 is 0.889 bits per heavy atom. The van der Waals surface area contributed by atoms with Crippen molar-refractivity contribution in [3.05, 3.63) is 22.3 Å². The first-order chi connectivity index (χ1) is 17.4.